The quantitative estimate of drug-likeness (QED) is 0.867. The minimum Gasteiger partial charge on any atom is -0.386 e. The Bertz CT molecular complexity index is 450. The first-order valence-electron chi connectivity index (χ1n) is 6.72. The molecule has 0 aliphatic carbocycles. The molecule has 0 bridgehead atoms. The largest absolute Gasteiger partial charge is 0.386 e. The number of thiophene rings is 1. The van der Waals surface area contributed by atoms with Crippen molar-refractivity contribution in [3.8, 4) is 0 Å². The van der Waals surface area contributed by atoms with E-state index in [-0.39, 0.29) is 12.5 Å². The van der Waals surface area contributed by atoms with Crippen LogP contribution in [0.5, 0.6) is 0 Å². The Labute approximate surface area is 117 Å². The minimum absolute atomic E-state index is 0.101. The van der Waals surface area contributed by atoms with Crippen molar-refractivity contribution in [3.05, 3.63) is 21.4 Å². The molecule has 2 heterocycles. The summed E-state index contributed by atoms with van der Waals surface area (Å²) in [7, 11) is 0. The maximum absolute atomic E-state index is 12.1. The zero-order valence-corrected chi connectivity index (χ0v) is 12.3. The predicted molar refractivity (Wildman–Crippen MR) is 75.8 cm³/mol. The summed E-state index contributed by atoms with van der Waals surface area (Å²) in [5.41, 5.74) is 0.356. The van der Waals surface area contributed by atoms with Crippen molar-refractivity contribution in [2.24, 2.45) is 0 Å². The molecule has 106 valence electrons. The molecule has 1 amide bonds. The number of hydrogen-bond donors (Lipinski definition) is 2. The molecule has 4 nitrogen and oxygen atoms in total. The van der Waals surface area contributed by atoms with E-state index >= 15 is 0 Å². The number of nitrogens with one attached hydrogen (secondary N) is 1. The van der Waals surface area contributed by atoms with Gasteiger partial charge in [0.25, 0.3) is 5.91 Å². The topological polar surface area (TPSA) is 58.6 Å². The lowest BCUT2D eigenvalue weighted by Gasteiger charge is -2.20. The summed E-state index contributed by atoms with van der Waals surface area (Å²) in [5.74, 6) is -0.101. The number of rotatable bonds is 5. The Hall–Kier alpha value is -0.910. The van der Waals surface area contributed by atoms with Crippen molar-refractivity contribution in [1.29, 1.82) is 0 Å². The van der Waals surface area contributed by atoms with Crippen LogP contribution in [0.2, 0.25) is 0 Å². The molecule has 2 N–H and O–H groups in total. The van der Waals surface area contributed by atoms with Crippen LogP contribution in [0.4, 0.5) is 0 Å². The van der Waals surface area contributed by atoms with Gasteiger partial charge in [0, 0.05) is 24.4 Å². The van der Waals surface area contributed by atoms with Gasteiger partial charge in [-0.1, -0.05) is 13.3 Å². The van der Waals surface area contributed by atoms with Crippen molar-refractivity contribution < 1.29 is 14.6 Å². The van der Waals surface area contributed by atoms with Gasteiger partial charge in [-0.25, -0.2) is 0 Å². The van der Waals surface area contributed by atoms with Crippen LogP contribution in [-0.4, -0.2) is 36.4 Å². The van der Waals surface area contributed by atoms with Crippen LogP contribution < -0.4 is 5.32 Å². The first-order chi connectivity index (χ1) is 9.04. The van der Waals surface area contributed by atoms with E-state index in [4.69, 9.17) is 4.74 Å². The van der Waals surface area contributed by atoms with Crippen molar-refractivity contribution in [1.82, 2.24) is 5.32 Å². The highest BCUT2D eigenvalue weighted by Crippen LogP contribution is 2.23. The fraction of sp³-hybridized carbons (Fsp3) is 0.643. The highest BCUT2D eigenvalue weighted by Gasteiger charge is 2.32. The van der Waals surface area contributed by atoms with E-state index in [1.165, 1.54) is 21.8 Å². The second-order valence-electron chi connectivity index (χ2n) is 5.15. The van der Waals surface area contributed by atoms with Gasteiger partial charge in [-0.05, 0) is 25.0 Å². The van der Waals surface area contributed by atoms with E-state index in [0.29, 0.717) is 19.6 Å². The van der Waals surface area contributed by atoms with Crippen molar-refractivity contribution in [2.45, 2.75) is 38.7 Å². The molecule has 0 saturated carbocycles. The highest BCUT2D eigenvalue weighted by atomic mass is 32.1. The summed E-state index contributed by atoms with van der Waals surface area (Å²) >= 11 is 1.52. The number of carbonyl (C=O) groups is 1. The third-order valence-corrected chi connectivity index (χ3v) is 4.52. The van der Waals surface area contributed by atoms with E-state index in [0.717, 1.165) is 17.7 Å². The summed E-state index contributed by atoms with van der Waals surface area (Å²) < 4.78 is 5.15. The Morgan fingerprint density at radius 2 is 2.42 bits per heavy atom. The lowest BCUT2D eigenvalue weighted by Crippen LogP contribution is -2.43. The second kappa shape index (κ2) is 6.03. The zero-order valence-electron chi connectivity index (χ0n) is 11.5. The number of aryl methyl sites for hydroxylation is 2. The summed E-state index contributed by atoms with van der Waals surface area (Å²) in [6.45, 7) is 5.30. The average molecular weight is 283 g/mol. The first kappa shape index (κ1) is 14.5. The molecule has 0 radical (unpaired) electrons. The van der Waals surface area contributed by atoms with Crippen LogP contribution in [0.3, 0.4) is 0 Å². The Balaban J connectivity index is 1.94. The number of carbonyl (C=O) groups excluding carboxylic acids is 1. The summed E-state index contributed by atoms with van der Waals surface area (Å²) in [4.78, 5) is 14.0. The van der Waals surface area contributed by atoms with Gasteiger partial charge in [0.15, 0.2) is 0 Å². The van der Waals surface area contributed by atoms with Crippen molar-refractivity contribution in [2.75, 3.05) is 19.8 Å². The first-order valence-corrected chi connectivity index (χ1v) is 7.53. The molecule has 1 saturated heterocycles. The monoisotopic (exact) mass is 283 g/mol. The van der Waals surface area contributed by atoms with Gasteiger partial charge in [-0.3, -0.25) is 4.79 Å². The molecule has 19 heavy (non-hydrogen) atoms. The van der Waals surface area contributed by atoms with E-state index in [1.54, 1.807) is 0 Å². The fourth-order valence-electron chi connectivity index (χ4n) is 2.22. The van der Waals surface area contributed by atoms with E-state index in [9.17, 15) is 9.90 Å². The number of amides is 1. The molecule has 1 unspecified atom stereocenters. The molecule has 1 aromatic rings. The maximum atomic E-state index is 12.1. The van der Waals surface area contributed by atoms with E-state index in [2.05, 4.69) is 12.2 Å². The predicted octanol–water partition coefficient (Wildman–Crippen LogP) is 1.89. The van der Waals surface area contributed by atoms with Gasteiger partial charge in [0.2, 0.25) is 0 Å². The molecular weight excluding hydrogens is 262 g/mol. The Morgan fingerprint density at radius 3 is 3.05 bits per heavy atom. The molecule has 2 rings (SSSR count). The summed E-state index contributed by atoms with van der Waals surface area (Å²) in [6.07, 6.45) is 2.67. The van der Waals surface area contributed by atoms with Gasteiger partial charge < -0.3 is 15.2 Å². The third kappa shape index (κ3) is 3.55. The van der Waals surface area contributed by atoms with Crippen LogP contribution in [0, 0.1) is 6.92 Å². The maximum Gasteiger partial charge on any atom is 0.261 e. The summed E-state index contributed by atoms with van der Waals surface area (Å²) in [6, 6.07) is 1.97. The van der Waals surface area contributed by atoms with Gasteiger partial charge in [0.1, 0.15) is 5.60 Å². The lowest BCUT2D eigenvalue weighted by atomic mass is 10.0. The smallest absolute Gasteiger partial charge is 0.261 e. The van der Waals surface area contributed by atoms with Crippen LogP contribution >= 0.6 is 11.3 Å². The minimum atomic E-state index is -0.895. The number of hydrogen-bond acceptors (Lipinski definition) is 4. The van der Waals surface area contributed by atoms with Gasteiger partial charge in [0.05, 0.1) is 11.5 Å². The standard InChI is InChI=1S/C14H21NO3S/c1-3-4-11-7-12(19-10(11)2)13(16)15-8-14(17)5-6-18-9-14/h7,17H,3-6,8-9H2,1-2H3,(H,15,16). The zero-order chi connectivity index (χ0) is 13.9. The molecule has 1 aromatic heterocycles. The van der Waals surface area contributed by atoms with E-state index < -0.39 is 5.60 Å². The van der Waals surface area contributed by atoms with Crippen LogP contribution in [0.15, 0.2) is 6.07 Å². The van der Waals surface area contributed by atoms with E-state index in [1.807, 2.05) is 13.0 Å². The Kier molecular flexibility index (Phi) is 4.60. The van der Waals surface area contributed by atoms with Crippen molar-refractivity contribution >= 4 is 17.2 Å². The molecular formula is C14H21NO3S. The lowest BCUT2D eigenvalue weighted by molar-refractivity contribution is 0.0265. The van der Waals surface area contributed by atoms with Crippen LogP contribution in [0.25, 0.3) is 0 Å². The summed E-state index contributed by atoms with van der Waals surface area (Å²) in [5, 5.41) is 12.9. The Morgan fingerprint density at radius 1 is 1.63 bits per heavy atom. The molecule has 0 aromatic carbocycles. The molecule has 5 heteroatoms. The third-order valence-electron chi connectivity index (χ3n) is 3.42. The molecule has 1 aliphatic heterocycles. The van der Waals surface area contributed by atoms with Crippen LogP contribution in [-0.2, 0) is 11.2 Å². The van der Waals surface area contributed by atoms with Crippen molar-refractivity contribution in [3.63, 3.8) is 0 Å². The second-order valence-corrected chi connectivity index (χ2v) is 6.41. The normalized spacial score (nSPS) is 22.7. The number of aliphatic hydroxyl groups is 1. The number of ether oxygens (including phenoxy) is 1. The fourth-order valence-corrected chi connectivity index (χ4v) is 3.21. The molecule has 1 aliphatic rings. The molecule has 0 spiro atoms. The molecule has 1 atom stereocenters. The SMILES string of the molecule is CCCc1cc(C(=O)NCC2(O)CCOC2)sc1C. The van der Waals surface area contributed by atoms with Crippen LogP contribution in [0.1, 0.15) is 39.9 Å². The molecule has 1 fully saturated rings. The van der Waals surface area contributed by atoms with Gasteiger partial charge in [-0.15, -0.1) is 11.3 Å². The van der Waals surface area contributed by atoms with Gasteiger partial charge >= 0.3 is 0 Å². The average Bonchev–Trinajstić information content (AvgIpc) is 2.95. The van der Waals surface area contributed by atoms with Gasteiger partial charge in [-0.2, -0.15) is 0 Å². The highest BCUT2D eigenvalue weighted by molar-refractivity contribution is 7.14.